The molecule has 1 fully saturated rings. The highest BCUT2D eigenvalue weighted by atomic mass is 16.7. The Morgan fingerprint density at radius 1 is 0.976 bits per heavy atom. The number of rotatable bonds is 18. The second-order valence-corrected chi connectivity index (χ2v) is 11.9. The first-order chi connectivity index (χ1) is 20.0. The predicted molar refractivity (Wildman–Crippen MR) is 162 cm³/mol. The summed E-state index contributed by atoms with van der Waals surface area (Å²) in [5.41, 5.74) is 1.08. The lowest BCUT2D eigenvalue weighted by Gasteiger charge is -2.34. The van der Waals surface area contributed by atoms with Crippen LogP contribution in [0.2, 0.25) is 0 Å². The molecule has 0 radical (unpaired) electrons. The molecule has 1 aliphatic heterocycles. The van der Waals surface area contributed by atoms with Crippen molar-refractivity contribution in [2.75, 3.05) is 47.1 Å². The number of nitrogens with one attached hydrogen (secondary N) is 1. The van der Waals surface area contributed by atoms with Crippen molar-refractivity contribution in [3.05, 3.63) is 23.8 Å². The number of β-amino-alcohol motifs (C(OH)–C–C–N with tert-alkyl or cyclic N) is 1. The van der Waals surface area contributed by atoms with Gasteiger partial charge in [-0.3, -0.25) is 4.79 Å². The number of methoxy groups -OCH3 is 2. The Morgan fingerprint density at radius 2 is 1.69 bits per heavy atom. The highest BCUT2D eigenvalue weighted by Gasteiger charge is 2.30. The summed E-state index contributed by atoms with van der Waals surface area (Å²) < 4.78 is 27.1. The lowest BCUT2D eigenvalue weighted by Crippen LogP contribution is -2.51. The summed E-state index contributed by atoms with van der Waals surface area (Å²) in [6.07, 6.45) is 2.89. The third-order valence-corrected chi connectivity index (χ3v) is 7.66. The Balaban J connectivity index is 2.17. The number of carbonyl (C=O) groups is 2. The van der Waals surface area contributed by atoms with Crippen molar-refractivity contribution in [3.8, 4) is 11.5 Å². The molecule has 10 nitrogen and oxygen atoms in total. The number of esters is 1. The van der Waals surface area contributed by atoms with Gasteiger partial charge in [-0.15, -0.1) is 0 Å². The van der Waals surface area contributed by atoms with Crippen LogP contribution in [0.25, 0.3) is 0 Å². The SMILES string of the molecule is COCCCOc1cc(C[C@@H](C[C@H](NC(=O)O[C@H](C)OC(=O)C(C)C)[C@@H](O)CN2CCCCC2)C(C)C)ccc1OC. The van der Waals surface area contributed by atoms with Gasteiger partial charge in [0.15, 0.2) is 11.5 Å². The molecule has 10 heteroatoms. The quantitative estimate of drug-likeness (QED) is 0.140. The van der Waals surface area contributed by atoms with Gasteiger partial charge < -0.3 is 39.0 Å². The van der Waals surface area contributed by atoms with Crippen molar-refractivity contribution in [2.24, 2.45) is 17.8 Å². The van der Waals surface area contributed by atoms with Gasteiger partial charge in [-0.2, -0.15) is 0 Å². The van der Waals surface area contributed by atoms with E-state index < -0.39 is 30.5 Å². The smallest absolute Gasteiger partial charge is 0.410 e. The first kappa shape index (κ1) is 35.6. The summed E-state index contributed by atoms with van der Waals surface area (Å²) in [6, 6.07) is 5.40. The van der Waals surface area contributed by atoms with Gasteiger partial charge in [0.2, 0.25) is 6.29 Å². The number of alkyl carbamates (subject to hydrolysis) is 1. The Bertz CT molecular complexity index is 935. The fourth-order valence-electron chi connectivity index (χ4n) is 5.07. The van der Waals surface area contributed by atoms with Crippen LogP contribution in [0.1, 0.15) is 72.3 Å². The second-order valence-electron chi connectivity index (χ2n) is 11.9. The first-order valence-corrected chi connectivity index (χ1v) is 15.4. The van der Waals surface area contributed by atoms with E-state index in [0.29, 0.717) is 37.7 Å². The molecule has 0 spiro atoms. The second kappa shape index (κ2) is 18.9. The van der Waals surface area contributed by atoms with Gasteiger partial charge >= 0.3 is 12.1 Å². The number of ether oxygens (including phenoxy) is 5. The van der Waals surface area contributed by atoms with Crippen molar-refractivity contribution in [2.45, 2.75) is 91.6 Å². The third kappa shape index (κ3) is 12.8. The van der Waals surface area contributed by atoms with E-state index in [4.69, 9.17) is 23.7 Å². The van der Waals surface area contributed by atoms with Crippen LogP contribution in [-0.4, -0.2) is 87.6 Å². The number of benzene rings is 1. The minimum Gasteiger partial charge on any atom is -0.493 e. The molecule has 4 atom stereocenters. The van der Waals surface area contributed by atoms with Crippen LogP contribution >= 0.6 is 0 Å². The number of amides is 1. The number of likely N-dealkylation sites (tertiary alicyclic amines) is 1. The molecule has 42 heavy (non-hydrogen) atoms. The van der Waals surface area contributed by atoms with E-state index in [-0.39, 0.29) is 17.8 Å². The minimum atomic E-state index is -1.04. The zero-order valence-electron chi connectivity index (χ0n) is 26.7. The lowest BCUT2D eigenvalue weighted by molar-refractivity contribution is -0.168. The molecule has 0 bridgehead atoms. The van der Waals surface area contributed by atoms with Crippen LogP contribution < -0.4 is 14.8 Å². The summed E-state index contributed by atoms with van der Waals surface area (Å²) in [7, 11) is 3.29. The number of aliphatic hydroxyl groups is 1. The fraction of sp³-hybridized carbons (Fsp3) is 0.750. The highest BCUT2D eigenvalue weighted by molar-refractivity contribution is 5.72. The monoisotopic (exact) mass is 594 g/mol. The Labute approximate surface area is 252 Å². The van der Waals surface area contributed by atoms with E-state index in [1.54, 1.807) is 28.1 Å². The normalized spacial score (nSPS) is 16.9. The average molecular weight is 595 g/mol. The first-order valence-electron chi connectivity index (χ1n) is 15.4. The van der Waals surface area contributed by atoms with Crippen LogP contribution in [0.4, 0.5) is 4.79 Å². The highest BCUT2D eigenvalue weighted by Crippen LogP contribution is 2.31. The molecule has 0 saturated carbocycles. The zero-order valence-corrected chi connectivity index (χ0v) is 26.7. The number of piperidine rings is 1. The average Bonchev–Trinajstić information content (AvgIpc) is 2.94. The molecule has 0 aromatic heterocycles. The molecule has 1 amide bonds. The van der Waals surface area contributed by atoms with Gasteiger partial charge in [0.05, 0.1) is 31.8 Å². The summed E-state index contributed by atoms with van der Waals surface area (Å²) >= 11 is 0. The van der Waals surface area contributed by atoms with Gasteiger partial charge in [-0.05, 0) is 68.3 Å². The van der Waals surface area contributed by atoms with E-state index in [0.717, 1.165) is 44.3 Å². The van der Waals surface area contributed by atoms with E-state index in [9.17, 15) is 14.7 Å². The van der Waals surface area contributed by atoms with Crippen LogP contribution in [0, 0.1) is 17.8 Å². The maximum atomic E-state index is 12.9. The molecule has 0 aliphatic carbocycles. The van der Waals surface area contributed by atoms with Gasteiger partial charge in [0.25, 0.3) is 0 Å². The molecule has 1 aliphatic rings. The van der Waals surface area contributed by atoms with Crippen LogP contribution in [0.3, 0.4) is 0 Å². The number of carbonyl (C=O) groups excluding carboxylic acids is 2. The fourth-order valence-corrected chi connectivity index (χ4v) is 5.07. The maximum absolute atomic E-state index is 12.9. The number of nitrogens with zero attached hydrogens (tertiary/aromatic N) is 1. The Morgan fingerprint density at radius 3 is 2.31 bits per heavy atom. The molecular weight excluding hydrogens is 540 g/mol. The van der Waals surface area contributed by atoms with Crippen molar-refractivity contribution in [3.63, 3.8) is 0 Å². The van der Waals surface area contributed by atoms with E-state index in [2.05, 4.69) is 24.1 Å². The molecular formula is C32H54N2O8. The summed E-state index contributed by atoms with van der Waals surface area (Å²) in [5, 5.41) is 14.3. The molecule has 2 N–H and O–H groups in total. The number of hydrogen-bond donors (Lipinski definition) is 2. The Kier molecular flexibility index (Phi) is 16.0. The topological polar surface area (TPSA) is 116 Å². The van der Waals surface area contributed by atoms with E-state index in [1.807, 2.05) is 18.2 Å². The summed E-state index contributed by atoms with van der Waals surface area (Å²) in [4.78, 5) is 27.1. The van der Waals surface area contributed by atoms with Gasteiger partial charge in [-0.1, -0.05) is 40.2 Å². The summed E-state index contributed by atoms with van der Waals surface area (Å²) in [6.45, 7) is 12.7. The van der Waals surface area contributed by atoms with Crippen LogP contribution in [0.15, 0.2) is 18.2 Å². The van der Waals surface area contributed by atoms with E-state index in [1.165, 1.54) is 13.3 Å². The minimum absolute atomic E-state index is 0.136. The largest absolute Gasteiger partial charge is 0.493 e. The molecule has 1 heterocycles. The van der Waals surface area contributed by atoms with Crippen molar-refractivity contribution >= 4 is 12.1 Å². The van der Waals surface area contributed by atoms with E-state index >= 15 is 0 Å². The van der Waals surface area contributed by atoms with Crippen molar-refractivity contribution < 1.29 is 38.4 Å². The zero-order chi connectivity index (χ0) is 31.1. The summed E-state index contributed by atoms with van der Waals surface area (Å²) in [5.74, 6) is 0.979. The number of aliphatic hydroxyl groups excluding tert-OH is 1. The maximum Gasteiger partial charge on any atom is 0.410 e. The third-order valence-electron chi connectivity index (χ3n) is 7.66. The molecule has 1 saturated heterocycles. The van der Waals surface area contributed by atoms with Gasteiger partial charge in [0, 0.05) is 33.6 Å². The molecule has 2 rings (SSSR count). The standard InChI is InChI=1S/C32H54N2O8/c1-22(2)26(18-25-12-13-29(39-7)30(19-25)40-17-11-16-38-6)20-27(28(35)21-34-14-9-8-10-15-34)33-32(37)42-24(5)41-31(36)23(3)4/h12-13,19,22-24,26-28,35H,8-11,14-18,20-21H2,1-7H3,(H,33,37)/t24-,26+,27+,28+/m1/s1. The predicted octanol–water partition coefficient (Wildman–Crippen LogP) is 4.80. The van der Waals surface area contributed by atoms with Crippen molar-refractivity contribution in [1.82, 2.24) is 10.2 Å². The van der Waals surface area contributed by atoms with Gasteiger partial charge in [0.1, 0.15) is 0 Å². The molecule has 240 valence electrons. The molecule has 1 aromatic carbocycles. The lowest BCUT2D eigenvalue weighted by atomic mass is 9.83. The van der Waals surface area contributed by atoms with Crippen LogP contribution in [0.5, 0.6) is 11.5 Å². The van der Waals surface area contributed by atoms with Crippen LogP contribution in [-0.2, 0) is 25.4 Å². The van der Waals surface area contributed by atoms with Gasteiger partial charge in [-0.25, -0.2) is 4.79 Å². The number of hydrogen-bond acceptors (Lipinski definition) is 9. The molecule has 0 unspecified atom stereocenters. The molecule has 1 aromatic rings. The Hall–Kier alpha value is -2.56. The van der Waals surface area contributed by atoms with Crippen molar-refractivity contribution in [1.29, 1.82) is 0 Å².